The molecule has 0 heterocycles. The number of hydrogen-bond donors (Lipinski definition) is 2. The standard InChI is InChI=1S/C22H39O4P/c23-27(24,25)21-17-12-10-8-6-4-2-1-3-5-7-9-11-16-20-26-22-18-14-13-15-19-22/h13-15,18-19H,1-12,16-17,20-21H2,(H2,23,24,25). The molecule has 0 atom stereocenters. The first-order chi connectivity index (χ1) is 13.1. The maximum atomic E-state index is 10.7. The Morgan fingerprint density at radius 2 is 1.04 bits per heavy atom. The third-order valence-corrected chi connectivity index (χ3v) is 5.75. The average molecular weight is 399 g/mol. The Balaban J connectivity index is 1.71. The van der Waals surface area contributed by atoms with E-state index in [2.05, 4.69) is 0 Å². The van der Waals surface area contributed by atoms with E-state index < -0.39 is 7.60 Å². The van der Waals surface area contributed by atoms with Crippen LogP contribution in [0.25, 0.3) is 0 Å². The van der Waals surface area contributed by atoms with Gasteiger partial charge in [0.15, 0.2) is 0 Å². The number of unbranched alkanes of at least 4 members (excludes halogenated alkanes) is 13. The minimum atomic E-state index is -3.77. The Labute approximate surface area is 165 Å². The van der Waals surface area contributed by atoms with Gasteiger partial charge in [-0.25, -0.2) is 0 Å². The molecule has 2 N–H and O–H groups in total. The highest BCUT2D eigenvalue weighted by Crippen LogP contribution is 2.35. The summed E-state index contributed by atoms with van der Waals surface area (Å²) in [6.45, 7) is 0.823. The lowest BCUT2D eigenvalue weighted by atomic mass is 10.0. The summed E-state index contributed by atoms with van der Waals surface area (Å²) < 4.78 is 16.4. The van der Waals surface area contributed by atoms with Gasteiger partial charge < -0.3 is 14.5 Å². The summed E-state index contributed by atoms with van der Waals surface area (Å²) in [5.41, 5.74) is 0. The van der Waals surface area contributed by atoms with Gasteiger partial charge >= 0.3 is 7.60 Å². The van der Waals surface area contributed by atoms with Gasteiger partial charge in [-0.3, -0.25) is 4.57 Å². The summed E-state index contributed by atoms with van der Waals surface area (Å²) in [5, 5.41) is 0. The molecule has 5 heteroatoms. The highest BCUT2D eigenvalue weighted by Gasteiger charge is 2.10. The third kappa shape index (κ3) is 17.0. The van der Waals surface area contributed by atoms with Crippen LogP contribution in [0.1, 0.15) is 89.9 Å². The first kappa shape index (κ1) is 24.2. The maximum Gasteiger partial charge on any atom is 0.325 e. The molecule has 1 aromatic carbocycles. The van der Waals surface area contributed by atoms with Crippen LogP contribution < -0.4 is 4.74 Å². The van der Waals surface area contributed by atoms with Crippen molar-refractivity contribution in [1.29, 1.82) is 0 Å². The van der Waals surface area contributed by atoms with E-state index in [9.17, 15) is 4.57 Å². The Morgan fingerprint density at radius 1 is 0.630 bits per heavy atom. The highest BCUT2D eigenvalue weighted by molar-refractivity contribution is 7.51. The smallest absolute Gasteiger partial charge is 0.325 e. The number of ether oxygens (including phenoxy) is 1. The van der Waals surface area contributed by atoms with Gasteiger partial charge in [0, 0.05) is 6.16 Å². The molecular weight excluding hydrogens is 359 g/mol. The fourth-order valence-electron chi connectivity index (χ4n) is 3.25. The molecule has 0 bridgehead atoms. The topological polar surface area (TPSA) is 66.8 Å². The van der Waals surface area contributed by atoms with E-state index in [1.807, 2.05) is 30.3 Å². The lowest BCUT2D eigenvalue weighted by molar-refractivity contribution is 0.304. The van der Waals surface area contributed by atoms with E-state index >= 15 is 0 Å². The van der Waals surface area contributed by atoms with E-state index in [-0.39, 0.29) is 6.16 Å². The second-order valence-electron chi connectivity index (χ2n) is 7.50. The zero-order chi connectivity index (χ0) is 19.6. The van der Waals surface area contributed by atoms with Gasteiger partial charge in [-0.1, -0.05) is 95.2 Å². The maximum absolute atomic E-state index is 10.7. The Kier molecular flexibility index (Phi) is 14.5. The molecule has 1 aromatic rings. The third-order valence-electron chi connectivity index (χ3n) is 4.86. The molecule has 0 aromatic heterocycles. The fraction of sp³-hybridized carbons (Fsp3) is 0.727. The number of hydrogen-bond acceptors (Lipinski definition) is 2. The van der Waals surface area contributed by atoms with Crippen molar-refractivity contribution in [1.82, 2.24) is 0 Å². The Bertz CT molecular complexity index is 486. The zero-order valence-corrected chi connectivity index (χ0v) is 17.8. The van der Waals surface area contributed by atoms with E-state index in [0.29, 0.717) is 6.42 Å². The molecule has 0 amide bonds. The molecule has 0 saturated carbocycles. The molecule has 0 aliphatic carbocycles. The van der Waals surface area contributed by atoms with Crippen LogP contribution in [0.3, 0.4) is 0 Å². The van der Waals surface area contributed by atoms with Crippen molar-refractivity contribution in [3.63, 3.8) is 0 Å². The van der Waals surface area contributed by atoms with Crippen LogP contribution in [-0.4, -0.2) is 22.6 Å². The van der Waals surface area contributed by atoms with Crippen molar-refractivity contribution in [2.45, 2.75) is 89.9 Å². The summed E-state index contributed by atoms with van der Waals surface area (Å²) in [7, 11) is -3.77. The van der Waals surface area contributed by atoms with E-state index in [4.69, 9.17) is 14.5 Å². The van der Waals surface area contributed by atoms with Crippen LogP contribution in [0, 0.1) is 0 Å². The first-order valence-corrected chi connectivity index (χ1v) is 12.6. The fourth-order valence-corrected chi connectivity index (χ4v) is 3.88. The molecule has 1 rings (SSSR count). The molecule has 0 saturated heterocycles. The van der Waals surface area contributed by atoms with Crippen LogP contribution in [0.2, 0.25) is 0 Å². The largest absolute Gasteiger partial charge is 0.494 e. The van der Waals surface area contributed by atoms with Gasteiger partial charge in [-0.15, -0.1) is 0 Å². The van der Waals surface area contributed by atoms with Gasteiger partial charge in [0.1, 0.15) is 5.75 Å². The lowest BCUT2D eigenvalue weighted by Gasteiger charge is -2.06. The number of benzene rings is 1. The summed E-state index contributed by atoms with van der Waals surface area (Å²) in [6, 6.07) is 10.0. The van der Waals surface area contributed by atoms with Crippen LogP contribution in [0.4, 0.5) is 0 Å². The molecule has 4 nitrogen and oxygen atoms in total. The molecule has 0 aliphatic heterocycles. The molecule has 27 heavy (non-hydrogen) atoms. The summed E-state index contributed by atoms with van der Waals surface area (Å²) in [5.74, 6) is 0.971. The minimum Gasteiger partial charge on any atom is -0.494 e. The molecule has 0 radical (unpaired) electrons. The molecule has 0 fully saturated rings. The minimum absolute atomic E-state index is 0.0487. The molecule has 156 valence electrons. The Morgan fingerprint density at radius 3 is 1.48 bits per heavy atom. The average Bonchev–Trinajstić information content (AvgIpc) is 2.64. The van der Waals surface area contributed by atoms with E-state index in [1.165, 1.54) is 64.2 Å². The van der Waals surface area contributed by atoms with Crippen molar-refractivity contribution in [3.05, 3.63) is 30.3 Å². The summed E-state index contributed by atoms with van der Waals surface area (Å²) in [6.07, 6.45) is 16.9. The first-order valence-electron chi connectivity index (χ1n) is 10.8. The van der Waals surface area contributed by atoms with Gasteiger partial charge in [-0.05, 0) is 25.0 Å². The van der Waals surface area contributed by atoms with Gasteiger partial charge in [0.25, 0.3) is 0 Å². The van der Waals surface area contributed by atoms with Crippen molar-refractivity contribution in [3.8, 4) is 5.75 Å². The monoisotopic (exact) mass is 398 g/mol. The molecular formula is C22H39O4P. The number of rotatable bonds is 18. The molecule has 0 aliphatic rings. The Hall–Kier alpha value is -0.830. The zero-order valence-electron chi connectivity index (χ0n) is 16.9. The van der Waals surface area contributed by atoms with Gasteiger partial charge in [0.05, 0.1) is 6.61 Å². The van der Waals surface area contributed by atoms with Crippen LogP contribution in [0.5, 0.6) is 5.75 Å². The number of para-hydroxylation sites is 1. The van der Waals surface area contributed by atoms with Crippen molar-refractivity contribution in [2.24, 2.45) is 0 Å². The van der Waals surface area contributed by atoms with E-state index in [0.717, 1.165) is 31.6 Å². The second kappa shape index (κ2) is 16.2. The van der Waals surface area contributed by atoms with Crippen LogP contribution >= 0.6 is 7.60 Å². The van der Waals surface area contributed by atoms with Gasteiger partial charge in [0.2, 0.25) is 0 Å². The lowest BCUT2D eigenvalue weighted by Crippen LogP contribution is -1.96. The normalized spacial score (nSPS) is 11.6. The quantitative estimate of drug-likeness (QED) is 0.213. The SMILES string of the molecule is O=P(O)(O)CCCCCCCCCCCCCCCCOc1ccccc1. The highest BCUT2D eigenvalue weighted by atomic mass is 31.2. The van der Waals surface area contributed by atoms with Crippen LogP contribution in [-0.2, 0) is 4.57 Å². The van der Waals surface area contributed by atoms with Gasteiger partial charge in [-0.2, -0.15) is 0 Å². The van der Waals surface area contributed by atoms with Crippen molar-refractivity contribution < 1.29 is 19.1 Å². The van der Waals surface area contributed by atoms with Crippen LogP contribution in [0.15, 0.2) is 30.3 Å². The predicted octanol–water partition coefficient (Wildman–Crippen LogP) is 6.70. The van der Waals surface area contributed by atoms with Crippen molar-refractivity contribution in [2.75, 3.05) is 12.8 Å². The summed E-state index contributed by atoms with van der Waals surface area (Å²) >= 11 is 0. The molecule has 0 spiro atoms. The predicted molar refractivity (Wildman–Crippen MR) is 113 cm³/mol. The second-order valence-corrected chi connectivity index (χ2v) is 9.28. The van der Waals surface area contributed by atoms with E-state index in [1.54, 1.807) is 0 Å². The van der Waals surface area contributed by atoms with Crippen molar-refractivity contribution >= 4 is 7.60 Å². The summed E-state index contributed by atoms with van der Waals surface area (Å²) in [4.78, 5) is 17.6. The molecule has 0 unspecified atom stereocenters.